The van der Waals surface area contributed by atoms with Crippen LogP contribution in [0.5, 0.6) is 0 Å². The molecule has 2 amide bonds. The minimum atomic E-state index is -1.10. The van der Waals surface area contributed by atoms with Gasteiger partial charge in [-0.25, -0.2) is 23.3 Å². The molecule has 0 aliphatic carbocycles. The summed E-state index contributed by atoms with van der Waals surface area (Å²) in [4.78, 5) is 67.8. The van der Waals surface area contributed by atoms with Gasteiger partial charge in [0, 0.05) is 23.6 Å². The van der Waals surface area contributed by atoms with Crippen LogP contribution in [0.3, 0.4) is 0 Å². The van der Waals surface area contributed by atoms with Crippen molar-refractivity contribution in [1.29, 1.82) is 0 Å². The Kier molecular flexibility index (Phi) is 8.55. The van der Waals surface area contributed by atoms with Gasteiger partial charge in [0.2, 0.25) is 0 Å². The first-order chi connectivity index (χ1) is 19.7. The highest BCUT2D eigenvalue weighted by atomic mass is 35.5. The van der Waals surface area contributed by atoms with Gasteiger partial charge in [0.15, 0.2) is 6.04 Å². The Balaban J connectivity index is 1.67. The number of nitrogens with one attached hydrogen (secondary N) is 2. The third-order valence-electron chi connectivity index (χ3n) is 5.97. The normalized spacial score (nSPS) is 12.1. The number of aromatic nitrogens is 2. The number of halogens is 2. The Bertz CT molecular complexity index is 1810. The second kappa shape index (κ2) is 11.8. The number of fused-ring (bicyclic) bond motifs is 1. The number of H-pyrrole nitrogens is 1. The number of benzene rings is 2. The van der Waals surface area contributed by atoms with Gasteiger partial charge in [-0.05, 0) is 63.2 Å². The van der Waals surface area contributed by atoms with Crippen LogP contribution in [-0.4, -0.2) is 47.3 Å². The van der Waals surface area contributed by atoms with Crippen molar-refractivity contribution in [2.45, 2.75) is 32.4 Å². The average Bonchev–Trinajstić information content (AvgIpc) is 3.35. The standard InChI is InChI=1S/C28H26ClFN4O7S/c1-28(2,3)41-27(39)33(4)19-12-16-18(13-17(19)30)31-26(38)34(24(16)36)15-8-6-14(7-9-15)23(35)32-22(25(37)40-5)20-10-11-21(29)42-20/h6-13,22H,1-5H3,(H,31,38)(H,32,35). The number of nitrogens with zero attached hydrogens (tertiary/aromatic N) is 2. The van der Waals surface area contributed by atoms with Crippen molar-refractivity contribution >= 4 is 57.5 Å². The van der Waals surface area contributed by atoms with E-state index in [-0.39, 0.29) is 27.8 Å². The van der Waals surface area contributed by atoms with Gasteiger partial charge in [0.05, 0.1) is 33.7 Å². The second-order valence-electron chi connectivity index (χ2n) is 10.1. The molecule has 1 atom stereocenters. The summed E-state index contributed by atoms with van der Waals surface area (Å²) in [6.45, 7) is 4.97. The van der Waals surface area contributed by atoms with Gasteiger partial charge in [-0.3, -0.25) is 14.5 Å². The first kappa shape index (κ1) is 30.5. The highest BCUT2D eigenvalue weighted by Crippen LogP contribution is 2.28. The largest absolute Gasteiger partial charge is 0.467 e. The predicted octanol–water partition coefficient (Wildman–Crippen LogP) is 4.55. The quantitative estimate of drug-likeness (QED) is 0.303. The lowest BCUT2D eigenvalue weighted by Crippen LogP contribution is -2.36. The van der Waals surface area contributed by atoms with Crippen molar-refractivity contribution in [2.24, 2.45) is 0 Å². The van der Waals surface area contributed by atoms with Gasteiger partial charge in [0.25, 0.3) is 11.5 Å². The first-order valence-corrected chi connectivity index (χ1v) is 13.6. The van der Waals surface area contributed by atoms with E-state index in [4.69, 9.17) is 21.1 Å². The van der Waals surface area contributed by atoms with Crippen LogP contribution in [0.15, 0.2) is 58.1 Å². The molecule has 4 rings (SSSR count). The van der Waals surface area contributed by atoms with Crippen LogP contribution >= 0.6 is 22.9 Å². The van der Waals surface area contributed by atoms with E-state index in [0.717, 1.165) is 32.9 Å². The summed E-state index contributed by atoms with van der Waals surface area (Å²) in [7, 11) is 2.49. The summed E-state index contributed by atoms with van der Waals surface area (Å²) < 4.78 is 26.2. The fraction of sp³-hybridized carbons (Fsp3) is 0.250. The maximum absolute atomic E-state index is 14.9. The van der Waals surface area contributed by atoms with E-state index in [9.17, 15) is 28.4 Å². The number of amides is 2. The molecule has 0 aliphatic heterocycles. The molecule has 0 saturated carbocycles. The maximum atomic E-state index is 14.9. The molecule has 2 N–H and O–H groups in total. The number of esters is 1. The first-order valence-electron chi connectivity index (χ1n) is 12.4. The maximum Gasteiger partial charge on any atom is 0.414 e. The van der Waals surface area contributed by atoms with Gasteiger partial charge < -0.3 is 19.8 Å². The lowest BCUT2D eigenvalue weighted by Gasteiger charge is -2.25. The number of carbonyl (C=O) groups excluding carboxylic acids is 3. The van der Waals surface area contributed by atoms with Crippen LogP contribution in [0.25, 0.3) is 16.6 Å². The van der Waals surface area contributed by atoms with Crippen LogP contribution in [-0.2, 0) is 14.3 Å². The van der Waals surface area contributed by atoms with Crippen molar-refractivity contribution in [3.8, 4) is 5.69 Å². The van der Waals surface area contributed by atoms with Gasteiger partial charge in [-0.15, -0.1) is 11.3 Å². The summed E-state index contributed by atoms with van der Waals surface area (Å²) >= 11 is 7.08. The lowest BCUT2D eigenvalue weighted by molar-refractivity contribution is -0.143. The molecule has 220 valence electrons. The predicted molar refractivity (Wildman–Crippen MR) is 156 cm³/mol. The van der Waals surface area contributed by atoms with Crippen LogP contribution in [0, 0.1) is 5.82 Å². The Morgan fingerprint density at radius 2 is 1.76 bits per heavy atom. The van der Waals surface area contributed by atoms with E-state index in [1.54, 1.807) is 32.9 Å². The molecule has 2 heterocycles. The van der Waals surface area contributed by atoms with Crippen LogP contribution in [0.2, 0.25) is 4.34 Å². The Morgan fingerprint density at radius 1 is 1.10 bits per heavy atom. The molecule has 0 fully saturated rings. The molecule has 1 unspecified atom stereocenters. The third-order valence-corrected chi connectivity index (χ3v) is 7.27. The van der Waals surface area contributed by atoms with Gasteiger partial charge in [0.1, 0.15) is 11.4 Å². The summed E-state index contributed by atoms with van der Waals surface area (Å²) in [6, 6.07) is 9.64. The number of rotatable bonds is 6. The van der Waals surface area contributed by atoms with E-state index in [1.807, 2.05) is 0 Å². The van der Waals surface area contributed by atoms with Gasteiger partial charge in [-0.1, -0.05) is 11.6 Å². The molecule has 2 aromatic carbocycles. The number of hydrogen-bond acceptors (Lipinski definition) is 8. The third kappa shape index (κ3) is 6.37. The Hall–Kier alpha value is -4.49. The van der Waals surface area contributed by atoms with E-state index in [2.05, 4.69) is 10.3 Å². The molecule has 0 aliphatic rings. The van der Waals surface area contributed by atoms with E-state index >= 15 is 0 Å². The molecular weight excluding hydrogens is 591 g/mol. The molecule has 4 aromatic rings. The van der Waals surface area contributed by atoms with Crippen molar-refractivity contribution in [3.05, 3.63) is 90.0 Å². The molecule has 0 spiro atoms. The number of aromatic amines is 1. The smallest absolute Gasteiger partial charge is 0.414 e. The van der Waals surface area contributed by atoms with Crippen LogP contribution < -0.4 is 21.5 Å². The molecule has 2 aromatic heterocycles. The van der Waals surface area contributed by atoms with Crippen molar-refractivity contribution in [1.82, 2.24) is 14.9 Å². The highest BCUT2D eigenvalue weighted by molar-refractivity contribution is 7.16. The summed E-state index contributed by atoms with van der Waals surface area (Å²) in [6.07, 6.45) is -0.837. The van der Waals surface area contributed by atoms with Crippen LogP contribution in [0.4, 0.5) is 14.9 Å². The minimum absolute atomic E-state index is 0.0706. The fourth-order valence-corrected chi connectivity index (χ4v) is 5.07. The van der Waals surface area contributed by atoms with E-state index in [0.29, 0.717) is 9.21 Å². The van der Waals surface area contributed by atoms with Crippen LogP contribution in [0.1, 0.15) is 42.0 Å². The molecule has 0 saturated heterocycles. The molecule has 11 nitrogen and oxygen atoms in total. The summed E-state index contributed by atoms with van der Waals surface area (Å²) in [5.74, 6) is -2.17. The van der Waals surface area contributed by atoms with Crippen molar-refractivity contribution in [3.63, 3.8) is 0 Å². The minimum Gasteiger partial charge on any atom is -0.467 e. The number of hydrogen-bond donors (Lipinski definition) is 2. The zero-order valence-corrected chi connectivity index (χ0v) is 24.7. The zero-order valence-electron chi connectivity index (χ0n) is 23.1. The summed E-state index contributed by atoms with van der Waals surface area (Å²) in [5, 5.41) is 2.52. The Labute approximate surface area is 247 Å². The SMILES string of the molecule is COC(=O)C(NC(=O)c1ccc(-n2c(=O)[nH]c3cc(F)c(N(C)C(=O)OC(C)(C)C)cc3c2=O)cc1)c1ccc(Cl)s1. The lowest BCUT2D eigenvalue weighted by atomic mass is 10.1. The van der Waals surface area contributed by atoms with Gasteiger partial charge in [-0.2, -0.15) is 0 Å². The highest BCUT2D eigenvalue weighted by Gasteiger charge is 2.26. The summed E-state index contributed by atoms with van der Waals surface area (Å²) in [5.41, 5.74) is -2.53. The molecule has 0 radical (unpaired) electrons. The van der Waals surface area contributed by atoms with Gasteiger partial charge >= 0.3 is 17.8 Å². The van der Waals surface area contributed by atoms with E-state index in [1.165, 1.54) is 38.4 Å². The zero-order chi connectivity index (χ0) is 30.9. The second-order valence-corrected chi connectivity index (χ2v) is 11.8. The number of ether oxygens (including phenoxy) is 2. The van der Waals surface area contributed by atoms with Crippen molar-refractivity contribution in [2.75, 3.05) is 19.1 Å². The number of anilines is 1. The molecule has 0 bridgehead atoms. The number of carbonyl (C=O) groups is 3. The topological polar surface area (TPSA) is 140 Å². The Morgan fingerprint density at radius 3 is 2.33 bits per heavy atom. The molecule has 42 heavy (non-hydrogen) atoms. The van der Waals surface area contributed by atoms with E-state index < -0.39 is 46.7 Å². The number of thiophene rings is 1. The fourth-order valence-electron chi connectivity index (χ4n) is 3.97. The average molecular weight is 617 g/mol. The van der Waals surface area contributed by atoms with Crippen molar-refractivity contribution < 1.29 is 28.2 Å². The monoisotopic (exact) mass is 616 g/mol. The molecular formula is C28H26ClFN4O7S. The molecule has 14 heteroatoms. The number of methoxy groups -OCH3 is 1.